The molecule has 0 bridgehead atoms. The van der Waals surface area contributed by atoms with Gasteiger partial charge in [0.05, 0.1) is 16.5 Å². The van der Waals surface area contributed by atoms with E-state index >= 15 is 0 Å². The highest BCUT2D eigenvalue weighted by Gasteiger charge is 2.15. The second-order valence-corrected chi connectivity index (χ2v) is 7.35. The van der Waals surface area contributed by atoms with Crippen LogP contribution in [0.1, 0.15) is 4.88 Å². The summed E-state index contributed by atoms with van der Waals surface area (Å²) in [6.07, 6.45) is 0. The van der Waals surface area contributed by atoms with Crippen LogP contribution in [0.3, 0.4) is 0 Å². The van der Waals surface area contributed by atoms with E-state index in [9.17, 15) is 8.42 Å². The minimum Gasteiger partial charge on any atom is -0.496 e. The average Bonchev–Trinajstić information content (AvgIpc) is 2.89. The molecule has 2 aromatic rings. The average molecular weight is 362 g/mol. The van der Waals surface area contributed by atoms with Crippen LogP contribution in [0.15, 0.2) is 45.1 Å². The number of benzene rings is 1. The third-order valence-electron chi connectivity index (χ3n) is 2.45. The van der Waals surface area contributed by atoms with Crippen LogP contribution in [0.5, 0.6) is 5.75 Å². The lowest BCUT2D eigenvalue weighted by molar-refractivity contribution is 0.411. The molecule has 1 aromatic heterocycles. The molecule has 4 nitrogen and oxygen atoms in total. The number of halogens is 1. The standard InChI is InChI=1S/C12H12BrNO3S2/c1-17-12-5-4-10(7-11(12)13)19(15,16)14-8-9-3-2-6-18-9/h2-7,14H,8H2,1H3. The predicted octanol–water partition coefficient (Wildman–Crippen LogP) is 3.00. The van der Waals surface area contributed by atoms with E-state index in [1.165, 1.54) is 30.6 Å². The second-order valence-electron chi connectivity index (χ2n) is 3.70. The first-order valence-electron chi connectivity index (χ1n) is 5.38. The minimum atomic E-state index is -3.51. The molecule has 7 heteroatoms. The Morgan fingerprint density at radius 2 is 2.16 bits per heavy atom. The Labute approximate surface area is 124 Å². The predicted molar refractivity (Wildman–Crippen MR) is 79.0 cm³/mol. The van der Waals surface area contributed by atoms with Crippen LogP contribution in [-0.2, 0) is 16.6 Å². The van der Waals surface area contributed by atoms with E-state index in [0.717, 1.165) is 4.88 Å². The topological polar surface area (TPSA) is 55.4 Å². The molecule has 1 aromatic carbocycles. The molecule has 0 amide bonds. The van der Waals surface area contributed by atoms with Crippen LogP contribution >= 0.6 is 27.3 Å². The van der Waals surface area contributed by atoms with E-state index in [4.69, 9.17) is 4.74 Å². The highest BCUT2D eigenvalue weighted by molar-refractivity contribution is 9.10. The quantitative estimate of drug-likeness (QED) is 0.890. The number of hydrogen-bond donors (Lipinski definition) is 1. The van der Waals surface area contributed by atoms with Gasteiger partial charge in [0.25, 0.3) is 0 Å². The van der Waals surface area contributed by atoms with Crippen LogP contribution < -0.4 is 9.46 Å². The molecule has 0 saturated heterocycles. The summed E-state index contributed by atoms with van der Waals surface area (Å²) >= 11 is 4.79. The normalized spacial score (nSPS) is 11.5. The summed E-state index contributed by atoms with van der Waals surface area (Å²) in [6.45, 7) is 0.295. The van der Waals surface area contributed by atoms with Crippen LogP contribution in [-0.4, -0.2) is 15.5 Å². The number of thiophene rings is 1. The van der Waals surface area contributed by atoms with Gasteiger partial charge in [0.15, 0.2) is 0 Å². The summed E-state index contributed by atoms with van der Waals surface area (Å²) < 4.78 is 32.5. The van der Waals surface area contributed by atoms with E-state index in [0.29, 0.717) is 16.8 Å². The molecule has 0 spiro atoms. The van der Waals surface area contributed by atoms with Crippen LogP contribution in [0.25, 0.3) is 0 Å². The van der Waals surface area contributed by atoms with Crippen molar-refractivity contribution in [1.29, 1.82) is 0 Å². The van der Waals surface area contributed by atoms with E-state index in [2.05, 4.69) is 20.7 Å². The number of ether oxygens (including phenoxy) is 1. The first kappa shape index (κ1) is 14.5. The van der Waals surface area contributed by atoms with E-state index in [-0.39, 0.29) is 4.90 Å². The summed E-state index contributed by atoms with van der Waals surface area (Å²) in [5.41, 5.74) is 0. The van der Waals surface area contributed by atoms with Gasteiger partial charge in [-0.3, -0.25) is 0 Å². The largest absolute Gasteiger partial charge is 0.496 e. The Balaban J connectivity index is 2.17. The maximum Gasteiger partial charge on any atom is 0.240 e. The molecule has 102 valence electrons. The Bertz CT molecular complexity index is 654. The lowest BCUT2D eigenvalue weighted by atomic mass is 10.3. The van der Waals surface area contributed by atoms with Crippen molar-refractivity contribution in [1.82, 2.24) is 4.72 Å². The van der Waals surface area contributed by atoms with E-state index in [1.807, 2.05) is 17.5 Å². The van der Waals surface area contributed by atoms with Crippen molar-refractivity contribution in [2.24, 2.45) is 0 Å². The lowest BCUT2D eigenvalue weighted by Crippen LogP contribution is -2.22. The number of nitrogens with one attached hydrogen (secondary N) is 1. The van der Waals surface area contributed by atoms with Crippen molar-refractivity contribution >= 4 is 37.3 Å². The fourth-order valence-corrected chi connectivity index (χ4v) is 3.94. The Hall–Kier alpha value is -0.890. The zero-order chi connectivity index (χ0) is 13.9. The van der Waals surface area contributed by atoms with Gasteiger partial charge >= 0.3 is 0 Å². The number of hydrogen-bond acceptors (Lipinski definition) is 4. The third kappa shape index (κ3) is 3.56. The third-order valence-corrected chi connectivity index (χ3v) is 5.35. The van der Waals surface area contributed by atoms with Crippen LogP contribution in [0, 0.1) is 0 Å². The maximum absolute atomic E-state index is 12.1. The summed E-state index contributed by atoms with van der Waals surface area (Å²) in [7, 11) is -1.98. The van der Waals surface area contributed by atoms with Gasteiger partial charge in [0.1, 0.15) is 5.75 Å². The summed E-state index contributed by atoms with van der Waals surface area (Å²) in [5.74, 6) is 0.595. The molecule has 1 N–H and O–H groups in total. The van der Waals surface area contributed by atoms with Gasteiger partial charge in [0.2, 0.25) is 10.0 Å². The monoisotopic (exact) mass is 361 g/mol. The SMILES string of the molecule is COc1ccc(S(=O)(=O)NCc2cccs2)cc1Br. The fourth-order valence-electron chi connectivity index (χ4n) is 1.48. The Morgan fingerprint density at radius 1 is 1.37 bits per heavy atom. The first-order chi connectivity index (χ1) is 9.03. The molecule has 0 radical (unpaired) electrons. The molecule has 0 aliphatic carbocycles. The highest BCUT2D eigenvalue weighted by atomic mass is 79.9. The number of rotatable bonds is 5. The molecular weight excluding hydrogens is 350 g/mol. The van der Waals surface area contributed by atoms with Crippen LogP contribution in [0.4, 0.5) is 0 Å². The first-order valence-corrected chi connectivity index (χ1v) is 8.54. The van der Waals surface area contributed by atoms with Crippen molar-refractivity contribution in [3.8, 4) is 5.75 Å². The van der Waals surface area contributed by atoms with E-state index in [1.54, 1.807) is 6.07 Å². The molecule has 0 unspecified atom stereocenters. The minimum absolute atomic E-state index is 0.205. The van der Waals surface area contributed by atoms with Gasteiger partial charge in [-0.1, -0.05) is 6.07 Å². The number of sulfonamides is 1. The molecule has 0 aliphatic heterocycles. The maximum atomic E-state index is 12.1. The highest BCUT2D eigenvalue weighted by Crippen LogP contribution is 2.27. The zero-order valence-corrected chi connectivity index (χ0v) is 13.3. The zero-order valence-electron chi connectivity index (χ0n) is 10.1. The Kier molecular flexibility index (Phi) is 4.62. The summed E-state index contributed by atoms with van der Waals surface area (Å²) in [5, 5.41) is 1.91. The molecular formula is C12H12BrNO3S2. The fraction of sp³-hybridized carbons (Fsp3) is 0.167. The summed E-state index contributed by atoms with van der Waals surface area (Å²) in [4.78, 5) is 1.17. The smallest absolute Gasteiger partial charge is 0.240 e. The van der Waals surface area contributed by atoms with Crippen molar-refractivity contribution < 1.29 is 13.2 Å². The Morgan fingerprint density at radius 3 is 2.74 bits per heavy atom. The number of methoxy groups -OCH3 is 1. The molecule has 0 saturated carbocycles. The second kappa shape index (κ2) is 6.04. The van der Waals surface area contributed by atoms with Gasteiger partial charge < -0.3 is 4.74 Å². The van der Waals surface area contributed by atoms with Gasteiger partial charge in [-0.2, -0.15) is 0 Å². The van der Waals surface area contributed by atoms with Gasteiger partial charge in [-0.05, 0) is 45.6 Å². The van der Waals surface area contributed by atoms with Crippen molar-refractivity contribution in [3.05, 3.63) is 45.1 Å². The molecule has 0 aliphatic rings. The summed E-state index contributed by atoms with van der Waals surface area (Å²) in [6, 6.07) is 8.43. The molecule has 19 heavy (non-hydrogen) atoms. The van der Waals surface area contributed by atoms with Crippen molar-refractivity contribution in [3.63, 3.8) is 0 Å². The van der Waals surface area contributed by atoms with Gasteiger partial charge in [0, 0.05) is 11.4 Å². The molecule has 1 heterocycles. The lowest BCUT2D eigenvalue weighted by Gasteiger charge is -2.08. The van der Waals surface area contributed by atoms with Gasteiger partial charge in [-0.15, -0.1) is 11.3 Å². The molecule has 0 atom stereocenters. The van der Waals surface area contributed by atoms with Crippen molar-refractivity contribution in [2.45, 2.75) is 11.4 Å². The van der Waals surface area contributed by atoms with Crippen LogP contribution in [0.2, 0.25) is 0 Å². The molecule has 0 fully saturated rings. The van der Waals surface area contributed by atoms with E-state index < -0.39 is 10.0 Å². The van der Waals surface area contributed by atoms with Crippen molar-refractivity contribution in [2.75, 3.05) is 7.11 Å². The molecule has 2 rings (SSSR count). The van der Waals surface area contributed by atoms with Gasteiger partial charge in [-0.25, -0.2) is 13.1 Å².